The molecule has 1 aromatic heterocycles. The van der Waals surface area contributed by atoms with Crippen molar-refractivity contribution in [1.29, 1.82) is 0 Å². The fourth-order valence-corrected chi connectivity index (χ4v) is 2.00. The van der Waals surface area contributed by atoms with Gasteiger partial charge in [0.05, 0.1) is 6.33 Å². The van der Waals surface area contributed by atoms with Gasteiger partial charge in [-0.3, -0.25) is 4.79 Å². The zero-order valence-electron chi connectivity index (χ0n) is 12.5. The lowest BCUT2D eigenvalue weighted by molar-refractivity contribution is -0.117. The molecule has 0 saturated heterocycles. The fraction of sp³-hybridized carbons (Fsp3) is 0.643. The summed E-state index contributed by atoms with van der Waals surface area (Å²) >= 11 is 0. The summed E-state index contributed by atoms with van der Waals surface area (Å²) in [6.07, 6.45) is 4.81. The lowest BCUT2D eigenvalue weighted by Crippen LogP contribution is -2.27. The van der Waals surface area contributed by atoms with Gasteiger partial charge < -0.3 is 20.0 Å². The van der Waals surface area contributed by atoms with Crippen molar-refractivity contribution < 1.29 is 9.59 Å². The predicted molar refractivity (Wildman–Crippen MR) is 78.9 cm³/mol. The number of imidazole rings is 1. The minimum Gasteiger partial charge on any atom is -0.371 e. The third-order valence-electron chi connectivity index (χ3n) is 3.00. The van der Waals surface area contributed by atoms with Gasteiger partial charge in [0.15, 0.2) is 11.5 Å². The molecule has 20 heavy (non-hydrogen) atoms. The number of nitrogens with one attached hydrogen (secondary N) is 2. The fourth-order valence-electron chi connectivity index (χ4n) is 2.00. The van der Waals surface area contributed by atoms with E-state index in [1.165, 1.54) is 0 Å². The average Bonchev–Trinajstić information content (AvgIpc) is 2.81. The number of Topliss-reactive ketones (excluding diaryl/α,β-unsaturated/α-hetero) is 1. The maximum atomic E-state index is 12.2. The highest BCUT2D eigenvalue weighted by Gasteiger charge is 2.17. The number of hydrogen-bond donors (Lipinski definition) is 2. The van der Waals surface area contributed by atoms with E-state index in [2.05, 4.69) is 22.5 Å². The van der Waals surface area contributed by atoms with Gasteiger partial charge in [-0.05, 0) is 26.2 Å². The molecule has 0 saturated carbocycles. The van der Waals surface area contributed by atoms with Crippen molar-refractivity contribution in [1.82, 2.24) is 14.9 Å². The molecule has 0 unspecified atom stereocenters. The van der Waals surface area contributed by atoms with Crippen LogP contribution < -0.4 is 10.6 Å². The predicted octanol–water partition coefficient (Wildman–Crippen LogP) is 1.82. The number of hydrogen-bond acceptors (Lipinski definition) is 4. The summed E-state index contributed by atoms with van der Waals surface area (Å²) < 4.78 is 1.86. The first-order chi connectivity index (χ1) is 9.60. The third kappa shape index (κ3) is 4.68. The zero-order valence-corrected chi connectivity index (χ0v) is 12.5. The number of unbranched alkanes of at least 4 members (excludes halogenated alkanes) is 1. The minimum atomic E-state index is -0.122. The van der Waals surface area contributed by atoms with Crippen LogP contribution in [0.2, 0.25) is 0 Å². The van der Waals surface area contributed by atoms with Gasteiger partial charge in [-0.2, -0.15) is 0 Å². The molecular weight excluding hydrogens is 256 g/mol. The number of carbonyl (C=O) groups excluding carboxylic acids is 2. The van der Waals surface area contributed by atoms with Gasteiger partial charge in [0, 0.05) is 26.6 Å². The normalized spacial score (nSPS) is 10.3. The smallest absolute Gasteiger partial charge is 0.271 e. The summed E-state index contributed by atoms with van der Waals surface area (Å²) in [5.41, 5.74) is 0.570. The van der Waals surface area contributed by atoms with Crippen molar-refractivity contribution >= 4 is 17.5 Å². The van der Waals surface area contributed by atoms with Crippen LogP contribution in [0.4, 0.5) is 5.82 Å². The molecule has 6 nitrogen and oxygen atoms in total. The molecule has 1 aromatic rings. The summed E-state index contributed by atoms with van der Waals surface area (Å²) in [4.78, 5) is 27.2. The van der Waals surface area contributed by atoms with Crippen molar-refractivity contribution in [2.24, 2.45) is 0 Å². The molecule has 112 valence electrons. The highest BCUT2D eigenvalue weighted by atomic mass is 16.2. The summed E-state index contributed by atoms with van der Waals surface area (Å²) in [5.74, 6) is 0.664. The highest BCUT2D eigenvalue weighted by Crippen LogP contribution is 2.13. The van der Waals surface area contributed by atoms with E-state index in [0.29, 0.717) is 24.5 Å². The Morgan fingerprint density at radius 3 is 2.70 bits per heavy atom. The topological polar surface area (TPSA) is 76.0 Å². The lowest BCUT2D eigenvalue weighted by Gasteiger charge is -2.09. The van der Waals surface area contributed by atoms with E-state index in [-0.39, 0.29) is 11.7 Å². The molecule has 0 radical (unpaired) electrons. The largest absolute Gasteiger partial charge is 0.371 e. The zero-order chi connectivity index (χ0) is 15.0. The molecule has 1 amide bonds. The Labute approximate surface area is 120 Å². The van der Waals surface area contributed by atoms with Crippen LogP contribution in [-0.4, -0.2) is 34.8 Å². The van der Waals surface area contributed by atoms with Gasteiger partial charge in [-0.1, -0.05) is 6.92 Å². The van der Waals surface area contributed by atoms with Crippen LogP contribution >= 0.6 is 0 Å². The molecule has 1 heterocycles. The second-order valence-corrected chi connectivity index (χ2v) is 4.80. The van der Waals surface area contributed by atoms with Crippen LogP contribution in [0.3, 0.4) is 0 Å². The number of anilines is 1. The second kappa shape index (κ2) is 8.35. The summed E-state index contributed by atoms with van der Waals surface area (Å²) in [6.45, 7) is 4.98. The van der Waals surface area contributed by atoms with Crippen LogP contribution in [0.15, 0.2) is 6.33 Å². The SMILES string of the molecule is CCCn1cnc(NC)c1C(=O)NCCCCC(C)=O. The van der Waals surface area contributed by atoms with E-state index in [4.69, 9.17) is 0 Å². The first kappa shape index (κ1) is 16.2. The van der Waals surface area contributed by atoms with Crippen LogP contribution in [-0.2, 0) is 11.3 Å². The molecule has 0 aliphatic heterocycles. The molecule has 1 rings (SSSR count). The first-order valence-corrected chi connectivity index (χ1v) is 7.10. The van der Waals surface area contributed by atoms with Gasteiger partial charge in [-0.15, -0.1) is 0 Å². The summed E-state index contributed by atoms with van der Waals surface area (Å²) in [5, 5.41) is 5.82. The lowest BCUT2D eigenvalue weighted by atomic mass is 10.2. The number of aromatic nitrogens is 2. The number of ketones is 1. The van der Waals surface area contributed by atoms with Crippen LogP contribution in [0, 0.1) is 0 Å². The number of rotatable bonds is 9. The monoisotopic (exact) mass is 280 g/mol. The van der Waals surface area contributed by atoms with Crippen molar-refractivity contribution in [3.05, 3.63) is 12.0 Å². The molecule has 6 heteroatoms. The quantitative estimate of drug-likeness (QED) is 0.677. The Kier molecular flexibility index (Phi) is 6.76. The Morgan fingerprint density at radius 2 is 2.10 bits per heavy atom. The molecule has 2 N–H and O–H groups in total. The molecule has 0 aliphatic carbocycles. The van der Waals surface area contributed by atoms with Crippen molar-refractivity contribution in [2.45, 2.75) is 46.1 Å². The summed E-state index contributed by atoms with van der Waals surface area (Å²) in [6, 6.07) is 0. The summed E-state index contributed by atoms with van der Waals surface area (Å²) in [7, 11) is 1.75. The molecule has 0 aliphatic rings. The molecule has 0 fully saturated rings. The third-order valence-corrected chi connectivity index (χ3v) is 3.00. The van der Waals surface area contributed by atoms with E-state index in [1.54, 1.807) is 20.3 Å². The Bertz CT molecular complexity index is 454. The van der Waals surface area contributed by atoms with E-state index in [9.17, 15) is 9.59 Å². The van der Waals surface area contributed by atoms with Crippen LogP contribution in [0.5, 0.6) is 0 Å². The number of nitrogens with zero attached hydrogens (tertiary/aromatic N) is 2. The van der Waals surface area contributed by atoms with E-state index in [0.717, 1.165) is 25.8 Å². The minimum absolute atomic E-state index is 0.122. The molecule has 0 bridgehead atoms. The first-order valence-electron chi connectivity index (χ1n) is 7.10. The Morgan fingerprint density at radius 1 is 1.35 bits per heavy atom. The van der Waals surface area contributed by atoms with Gasteiger partial charge in [-0.25, -0.2) is 4.98 Å². The van der Waals surface area contributed by atoms with Crippen LogP contribution in [0.1, 0.15) is 50.0 Å². The van der Waals surface area contributed by atoms with Crippen LogP contribution in [0.25, 0.3) is 0 Å². The molecule has 0 aromatic carbocycles. The maximum absolute atomic E-state index is 12.2. The average molecular weight is 280 g/mol. The number of aryl methyl sites for hydroxylation is 1. The number of amides is 1. The van der Waals surface area contributed by atoms with E-state index in [1.807, 2.05) is 4.57 Å². The second-order valence-electron chi connectivity index (χ2n) is 4.80. The maximum Gasteiger partial charge on any atom is 0.271 e. The van der Waals surface area contributed by atoms with Gasteiger partial charge >= 0.3 is 0 Å². The van der Waals surface area contributed by atoms with Gasteiger partial charge in [0.2, 0.25) is 0 Å². The number of carbonyl (C=O) groups is 2. The molecule has 0 atom stereocenters. The Balaban J connectivity index is 2.53. The van der Waals surface area contributed by atoms with E-state index >= 15 is 0 Å². The van der Waals surface area contributed by atoms with Gasteiger partial charge in [0.25, 0.3) is 5.91 Å². The molecular formula is C14H24N4O2. The highest BCUT2D eigenvalue weighted by molar-refractivity contribution is 5.97. The van der Waals surface area contributed by atoms with Gasteiger partial charge in [0.1, 0.15) is 5.78 Å². The van der Waals surface area contributed by atoms with E-state index < -0.39 is 0 Å². The van der Waals surface area contributed by atoms with Crippen molar-refractivity contribution in [3.63, 3.8) is 0 Å². The van der Waals surface area contributed by atoms with Crippen molar-refractivity contribution in [2.75, 3.05) is 18.9 Å². The molecule has 0 spiro atoms. The van der Waals surface area contributed by atoms with Crippen molar-refractivity contribution in [3.8, 4) is 0 Å². The Hall–Kier alpha value is -1.85. The standard InChI is InChI=1S/C14H24N4O2/c1-4-9-18-10-17-13(15-3)12(18)14(20)16-8-6-5-7-11(2)19/h10,15H,4-9H2,1-3H3,(H,16,20).